The fourth-order valence-electron chi connectivity index (χ4n) is 2.90. The number of hydrogen-bond donors (Lipinski definition) is 1. The van der Waals surface area contributed by atoms with Gasteiger partial charge >= 0.3 is 0 Å². The standard InChI is InChI=1S/C23H25N3O3S/c1-14(2)17-10-8-16(9-11-17)12-20-22(28)26(18-6-5-7-19(13-18)29-4)23(25-20)30-15(3)21(24)27/h5-15H,1-4H3,(H2,24,27)/b20-12+/t15-/m1/s1. The van der Waals surface area contributed by atoms with Crippen LogP contribution in [0.4, 0.5) is 5.69 Å². The number of amides is 2. The Hall–Kier alpha value is -3.06. The second kappa shape index (κ2) is 9.17. The molecule has 1 heterocycles. The fourth-order valence-corrected chi connectivity index (χ4v) is 3.78. The summed E-state index contributed by atoms with van der Waals surface area (Å²) in [5.41, 5.74) is 8.44. The molecule has 2 aromatic carbocycles. The van der Waals surface area contributed by atoms with E-state index in [1.165, 1.54) is 10.5 Å². The molecule has 0 spiro atoms. The minimum absolute atomic E-state index is 0.268. The van der Waals surface area contributed by atoms with Crippen molar-refractivity contribution in [2.75, 3.05) is 12.0 Å². The molecular formula is C23H25N3O3S. The van der Waals surface area contributed by atoms with Crippen LogP contribution in [0, 0.1) is 0 Å². The average Bonchev–Trinajstić information content (AvgIpc) is 3.03. The molecule has 0 aliphatic carbocycles. The summed E-state index contributed by atoms with van der Waals surface area (Å²) in [6.07, 6.45) is 1.75. The smallest absolute Gasteiger partial charge is 0.283 e. The van der Waals surface area contributed by atoms with E-state index < -0.39 is 11.2 Å². The van der Waals surface area contributed by atoms with Crippen molar-refractivity contribution in [1.29, 1.82) is 0 Å². The highest BCUT2D eigenvalue weighted by Gasteiger charge is 2.34. The van der Waals surface area contributed by atoms with Gasteiger partial charge in [0.1, 0.15) is 11.4 Å². The van der Waals surface area contributed by atoms with Crippen molar-refractivity contribution in [1.82, 2.24) is 0 Å². The van der Waals surface area contributed by atoms with Gasteiger partial charge in [-0.05, 0) is 42.2 Å². The van der Waals surface area contributed by atoms with E-state index in [2.05, 4.69) is 18.8 Å². The summed E-state index contributed by atoms with van der Waals surface area (Å²) in [5.74, 6) is 0.312. The summed E-state index contributed by atoms with van der Waals surface area (Å²) in [7, 11) is 1.57. The third-order valence-electron chi connectivity index (χ3n) is 4.73. The van der Waals surface area contributed by atoms with Crippen molar-refractivity contribution in [2.24, 2.45) is 10.7 Å². The summed E-state index contributed by atoms with van der Waals surface area (Å²) >= 11 is 1.16. The molecule has 0 saturated carbocycles. The average molecular weight is 424 g/mol. The predicted octanol–water partition coefficient (Wildman–Crippen LogP) is 4.17. The molecule has 0 aromatic heterocycles. The molecule has 6 nitrogen and oxygen atoms in total. The van der Waals surface area contributed by atoms with Gasteiger partial charge in [-0.25, -0.2) is 4.99 Å². The number of amidine groups is 1. The van der Waals surface area contributed by atoms with Gasteiger partial charge in [0.2, 0.25) is 5.91 Å². The first kappa shape index (κ1) is 21.6. The van der Waals surface area contributed by atoms with Crippen LogP contribution in [0.1, 0.15) is 37.8 Å². The molecule has 1 aliphatic rings. The molecule has 3 rings (SSSR count). The van der Waals surface area contributed by atoms with Crippen LogP contribution in [-0.2, 0) is 9.59 Å². The monoisotopic (exact) mass is 423 g/mol. The van der Waals surface area contributed by atoms with Crippen LogP contribution in [0.3, 0.4) is 0 Å². The van der Waals surface area contributed by atoms with Crippen LogP contribution in [0.25, 0.3) is 6.08 Å². The fraction of sp³-hybridized carbons (Fsp3) is 0.261. The van der Waals surface area contributed by atoms with Gasteiger partial charge in [0.15, 0.2) is 5.17 Å². The second-order valence-corrected chi connectivity index (χ2v) is 8.56. The van der Waals surface area contributed by atoms with E-state index in [0.717, 1.165) is 17.3 Å². The van der Waals surface area contributed by atoms with Gasteiger partial charge in [-0.3, -0.25) is 14.5 Å². The third-order valence-corrected chi connectivity index (χ3v) is 5.80. The van der Waals surface area contributed by atoms with Crippen molar-refractivity contribution in [3.05, 3.63) is 65.4 Å². The van der Waals surface area contributed by atoms with Gasteiger partial charge in [0.25, 0.3) is 5.91 Å². The zero-order valence-corrected chi connectivity index (χ0v) is 18.3. The maximum absolute atomic E-state index is 13.2. The Balaban J connectivity index is 1.99. The molecule has 0 unspecified atom stereocenters. The molecule has 0 fully saturated rings. The Bertz CT molecular complexity index is 1010. The number of carbonyl (C=O) groups excluding carboxylic acids is 2. The Kier molecular flexibility index (Phi) is 6.62. The Morgan fingerprint density at radius 3 is 2.47 bits per heavy atom. The minimum atomic E-state index is -0.533. The number of aliphatic imine (C=N–C) groups is 1. The number of hydrogen-bond acceptors (Lipinski definition) is 5. The number of rotatable bonds is 6. The summed E-state index contributed by atoms with van der Waals surface area (Å²) in [4.78, 5) is 30.8. The van der Waals surface area contributed by atoms with Gasteiger partial charge < -0.3 is 10.5 Å². The lowest BCUT2D eigenvalue weighted by Crippen LogP contribution is -2.33. The summed E-state index contributed by atoms with van der Waals surface area (Å²) in [6.45, 7) is 5.96. The first-order valence-electron chi connectivity index (χ1n) is 9.65. The molecule has 0 radical (unpaired) electrons. The largest absolute Gasteiger partial charge is 0.497 e. The number of benzene rings is 2. The summed E-state index contributed by atoms with van der Waals surface area (Å²) < 4.78 is 5.28. The minimum Gasteiger partial charge on any atom is -0.497 e. The Labute approximate surface area is 180 Å². The maximum atomic E-state index is 13.2. The Morgan fingerprint density at radius 1 is 1.17 bits per heavy atom. The van der Waals surface area contributed by atoms with Crippen LogP contribution < -0.4 is 15.4 Å². The van der Waals surface area contributed by atoms with Gasteiger partial charge in [-0.1, -0.05) is 55.9 Å². The highest BCUT2D eigenvalue weighted by atomic mass is 32.2. The number of nitrogens with two attached hydrogens (primary N) is 1. The lowest BCUT2D eigenvalue weighted by atomic mass is 10.0. The highest BCUT2D eigenvalue weighted by Crippen LogP contribution is 2.32. The molecule has 156 valence electrons. The molecule has 0 bridgehead atoms. The van der Waals surface area contributed by atoms with Crippen molar-refractivity contribution >= 4 is 40.5 Å². The van der Waals surface area contributed by atoms with E-state index in [-0.39, 0.29) is 5.91 Å². The van der Waals surface area contributed by atoms with Crippen molar-refractivity contribution in [2.45, 2.75) is 31.9 Å². The van der Waals surface area contributed by atoms with Crippen LogP contribution in [0.15, 0.2) is 59.2 Å². The molecule has 7 heteroatoms. The molecule has 2 N–H and O–H groups in total. The van der Waals surface area contributed by atoms with Crippen LogP contribution in [0.5, 0.6) is 5.75 Å². The zero-order valence-electron chi connectivity index (χ0n) is 17.5. The van der Waals surface area contributed by atoms with E-state index in [4.69, 9.17) is 10.5 Å². The van der Waals surface area contributed by atoms with Gasteiger partial charge in [0, 0.05) is 6.07 Å². The predicted molar refractivity (Wildman–Crippen MR) is 123 cm³/mol. The number of anilines is 1. The second-order valence-electron chi connectivity index (χ2n) is 7.25. The summed E-state index contributed by atoms with van der Waals surface area (Å²) in [6, 6.07) is 15.2. The van der Waals surface area contributed by atoms with Crippen molar-refractivity contribution < 1.29 is 14.3 Å². The van der Waals surface area contributed by atoms with E-state index >= 15 is 0 Å². The molecule has 2 aromatic rings. The number of thioether (sulfide) groups is 1. The van der Waals surface area contributed by atoms with E-state index in [0.29, 0.717) is 28.2 Å². The third kappa shape index (κ3) is 4.74. The Morgan fingerprint density at radius 2 is 1.87 bits per heavy atom. The van der Waals surface area contributed by atoms with Gasteiger partial charge in [-0.2, -0.15) is 0 Å². The van der Waals surface area contributed by atoms with Crippen LogP contribution in [0.2, 0.25) is 0 Å². The number of carbonyl (C=O) groups is 2. The molecule has 0 saturated heterocycles. The van der Waals surface area contributed by atoms with E-state index in [9.17, 15) is 9.59 Å². The van der Waals surface area contributed by atoms with Crippen LogP contribution >= 0.6 is 11.8 Å². The first-order valence-corrected chi connectivity index (χ1v) is 10.5. The van der Waals surface area contributed by atoms with Gasteiger partial charge in [0.05, 0.1) is 18.0 Å². The van der Waals surface area contributed by atoms with E-state index in [1.54, 1.807) is 44.4 Å². The first-order chi connectivity index (χ1) is 14.3. The number of nitrogens with zero attached hydrogens (tertiary/aromatic N) is 2. The van der Waals surface area contributed by atoms with Gasteiger partial charge in [-0.15, -0.1) is 0 Å². The number of methoxy groups -OCH3 is 1. The van der Waals surface area contributed by atoms with Crippen molar-refractivity contribution in [3.63, 3.8) is 0 Å². The van der Waals surface area contributed by atoms with E-state index in [1.807, 2.05) is 24.3 Å². The number of primary amides is 1. The SMILES string of the molecule is COc1cccc(N2C(=O)/C(=C\c3ccc(C(C)C)cc3)N=C2S[C@H](C)C(N)=O)c1. The zero-order chi connectivity index (χ0) is 21.8. The highest BCUT2D eigenvalue weighted by molar-refractivity contribution is 8.15. The number of ether oxygens (including phenoxy) is 1. The molecule has 1 atom stereocenters. The molecule has 30 heavy (non-hydrogen) atoms. The van der Waals surface area contributed by atoms with Crippen LogP contribution in [-0.4, -0.2) is 29.3 Å². The quantitative estimate of drug-likeness (QED) is 0.707. The van der Waals surface area contributed by atoms with Crippen molar-refractivity contribution in [3.8, 4) is 5.75 Å². The molecule has 1 aliphatic heterocycles. The maximum Gasteiger partial charge on any atom is 0.283 e. The molecule has 2 amide bonds. The summed E-state index contributed by atoms with van der Waals surface area (Å²) in [5, 5.41) is -0.126. The normalized spacial score (nSPS) is 16.2. The lowest BCUT2D eigenvalue weighted by Gasteiger charge is -2.19. The lowest BCUT2D eigenvalue weighted by molar-refractivity contribution is -0.117. The topological polar surface area (TPSA) is 85.0 Å². The molecular weight excluding hydrogens is 398 g/mol.